The Morgan fingerprint density at radius 1 is 1.20 bits per heavy atom. The highest BCUT2D eigenvalue weighted by Gasteiger charge is 2.37. The Hall–Kier alpha value is -1.39. The number of hydrogen-bond acceptors (Lipinski definition) is 3. The van der Waals surface area contributed by atoms with Crippen LogP contribution in [0.3, 0.4) is 0 Å². The lowest BCUT2D eigenvalue weighted by Gasteiger charge is -2.42. The highest BCUT2D eigenvalue weighted by Crippen LogP contribution is 2.45. The summed E-state index contributed by atoms with van der Waals surface area (Å²) in [5.41, 5.74) is 6.87. The minimum atomic E-state index is -0.00928. The van der Waals surface area contributed by atoms with E-state index in [0.717, 1.165) is 31.4 Å². The molecule has 0 aromatic heterocycles. The third kappa shape index (κ3) is 3.61. The molecule has 1 saturated heterocycles. The largest absolute Gasteiger partial charge is 0.383 e. The molecule has 4 heteroatoms. The van der Waals surface area contributed by atoms with Crippen LogP contribution in [-0.2, 0) is 15.6 Å². The standard InChI is InChI=1S/C21H32N2O2/c1-20(2)10-11-21(3,4)18-13-15(8-9-17(18)20)19(24)22-23-12-6-7-16(23)14-25-5/h8-9,13,16H,6-7,10-12,14H2,1-5H3,(H,22,24). The van der Waals surface area contributed by atoms with Gasteiger partial charge in [0, 0.05) is 19.2 Å². The van der Waals surface area contributed by atoms with Gasteiger partial charge in [0.05, 0.1) is 12.6 Å². The van der Waals surface area contributed by atoms with E-state index in [9.17, 15) is 4.79 Å². The zero-order chi connectivity index (χ0) is 18.2. The van der Waals surface area contributed by atoms with Gasteiger partial charge in [0.2, 0.25) is 0 Å². The highest BCUT2D eigenvalue weighted by atomic mass is 16.5. The fourth-order valence-electron chi connectivity index (χ4n) is 4.27. The first-order valence-corrected chi connectivity index (χ1v) is 9.46. The van der Waals surface area contributed by atoms with E-state index in [0.29, 0.717) is 6.61 Å². The highest BCUT2D eigenvalue weighted by molar-refractivity contribution is 5.94. The molecule has 1 fully saturated rings. The maximum absolute atomic E-state index is 12.8. The van der Waals surface area contributed by atoms with E-state index in [1.54, 1.807) is 7.11 Å². The van der Waals surface area contributed by atoms with E-state index in [2.05, 4.69) is 45.3 Å². The fourth-order valence-corrected chi connectivity index (χ4v) is 4.27. The number of benzene rings is 1. The number of nitrogens with zero attached hydrogens (tertiary/aromatic N) is 1. The van der Waals surface area contributed by atoms with E-state index in [1.807, 2.05) is 11.1 Å². The minimum absolute atomic E-state index is 0.00928. The van der Waals surface area contributed by atoms with Gasteiger partial charge in [-0.2, -0.15) is 0 Å². The molecule has 4 nitrogen and oxygen atoms in total. The molecule has 1 N–H and O–H groups in total. The second kappa shape index (κ2) is 6.73. The summed E-state index contributed by atoms with van der Waals surface area (Å²) in [6, 6.07) is 6.55. The average Bonchev–Trinajstić information content (AvgIpc) is 2.99. The predicted octanol–water partition coefficient (Wildman–Crippen LogP) is 3.79. The van der Waals surface area contributed by atoms with Crippen LogP contribution in [-0.4, -0.2) is 37.2 Å². The summed E-state index contributed by atoms with van der Waals surface area (Å²) in [7, 11) is 1.71. The molecular formula is C21H32N2O2. The zero-order valence-electron chi connectivity index (χ0n) is 16.3. The van der Waals surface area contributed by atoms with Crippen LogP contribution < -0.4 is 5.43 Å². The summed E-state index contributed by atoms with van der Waals surface area (Å²) in [6.07, 6.45) is 4.50. The zero-order valence-corrected chi connectivity index (χ0v) is 16.3. The van der Waals surface area contributed by atoms with Gasteiger partial charge in [-0.25, -0.2) is 5.01 Å². The van der Waals surface area contributed by atoms with Crippen molar-refractivity contribution < 1.29 is 9.53 Å². The van der Waals surface area contributed by atoms with Crippen molar-refractivity contribution in [2.45, 2.75) is 70.3 Å². The number of amides is 1. The van der Waals surface area contributed by atoms with Crippen molar-refractivity contribution in [3.63, 3.8) is 0 Å². The molecule has 0 radical (unpaired) electrons. The molecule has 2 aliphatic rings. The van der Waals surface area contributed by atoms with Crippen LogP contribution in [0.1, 0.15) is 74.9 Å². The second-order valence-corrected chi connectivity index (χ2v) is 8.91. The Kier molecular flexibility index (Phi) is 4.95. The summed E-state index contributed by atoms with van der Waals surface area (Å²) in [5.74, 6) is -0.00928. The van der Waals surface area contributed by atoms with Gasteiger partial charge < -0.3 is 4.74 Å². The van der Waals surface area contributed by atoms with Crippen molar-refractivity contribution in [3.8, 4) is 0 Å². The van der Waals surface area contributed by atoms with Crippen molar-refractivity contribution in [3.05, 3.63) is 34.9 Å². The second-order valence-electron chi connectivity index (χ2n) is 8.91. The van der Waals surface area contributed by atoms with Crippen molar-refractivity contribution in [2.24, 2.45) is 0 Å². The van der Waals surface area contributed by atoms with Crippen LogP contribution in [0.5, 0.6) is 0 Å². The maximum Gasteiger partial charge on any atom is 0.265 e. The molecule has 138 valence electrons. The predicted molar refractivity (Wildman–Crippen MR) is 101 cm³/mol. The quantitative estimate of drug-likeness (QED) is 0.903. The molecule has 1 aliphatic carbocycles. The normalized spacial score (nSPS) is 24.8. The number of carbonyl (C=O) groups is 1. The van der Waals surface area contributed by atoms with E-state index >= 15 is 0 Å². The lowest BCUT2D eigenvalue weighted by Crippen LogP contribution is -2.46. The van der Waals surface area contributed by atoms with Crippen LogP contribution in [0.15, 0.2) is 18.2 Å². The Labute approximate surface area is 151 Å². The van der Waals surface area contributed by atoms with E-state index in [4.69, 9.17) is 4.74 Å². The number of methoxy groups -OCH3 is 1. The minimum Gasteiger partial charge on any atom is -0.383 e. The third-order valence-corrected chi connectivity index (χ3v) is 6.10. The summed E-state index contributed by atoms with van der Waals surface area (Å²) in [5, 5.41) is 2.04. The Bertz CT molecular complexity index is 651. The smallest absolute Gasteiger partial charge is 0.265 e. The molecule has 1 aromatic carbocycles. The topological polar surface area (TPSA) is 41.6 Å². The van der Waals surface area contributed by atoms with Crippen molar-refractivity contribution in [1.29, 1.82) is 0 Å². The first-order chi connectivity index (χ1) is 11.7. The number of ether oxygens (including phenoxy) is 1. The number of nitrogens with one attached hydrogen (secondary N) is 1. The van der Waals surface area contributed by atoms with Gasteiger partial charge in [-0.15, -0.1) is 0 Å². The maximum atomic E-state index is 12.8. The van der Waals surface area contributed by atoms with E-state index in [-0.39, 0.29) is 22.8 Å². The first-order valence-electron chi connectivity index (χ1n) is 9.46. The van der Waals surface area contributed by atoms with Crippen LogP contribution in [0.25, 0.3) is 0 Å². The molecule has 3 rings (SSSR count). The monoisotopic (exact) mass is 344 g/mol. The number of rotatable bonds is 4. The van der Waals surface area contributed by atoms with Crippen LogP contribution in [0, 0.1) is 0 Å². The molecule has 0 bridgehead atoms. The van der Waals surface area contributed by atoms with E-state index < -0.39 is 0 Å². The lowest BCUT2D eigenvalue weighted by molar-refractivity contribution is 0.0611. The average molecular weight is 344 g/mol. The van der Waals surface area contributed by atoms with Crippen LogP contribution in [0.4, 0.5) is 0 Å². The molecule has 1 heterocycles. The van der Waals surface area contributed by atoms with Gasteiger partial charge in [-0.1, -0.05) is 33.8 Å². The molecule has 1 unspecified atom stereocenters. The summed E-state index contributed by atoms with van der Waals surface area (Å²) in [6.45, 7) is 10.7. The number of hydrogen-bond donors (Lipinski definition) is 1. The van der Waals surface area contributed by atoms with Gasteiger partial charge in [0.25, 0.3) is 5.91 Å². The SMILES string of the molecule is COCC1CCCN1NC(=O)c1ccc2c(c1)C(C)(C)CCC2(C)C. The summed E-state index contributed by atoms with van der Waals surface area (Å²) >= 11 is 0. The number of fused-ring (bicyclic) bond motifs is 1. The third-order valence-electron chi connectivity index (χ3n) is 6.10. The Morgan fingerprint density at radius 3 is 2.56 bits per heavy atom. The van der Waals surface area contributed by atoms with Gasteiger partial charge >= 0.3 is 0 Å². The molecule has 1 aliphatic heterocycles. The van der Waals surface area contributed by atoms with Gasteiger partial charge in [-0.05, 0) is 59.8 Å². The van der Waals surface area contributed by atoms with E-state index in [1.165, 1.54) is 17.5 Å². The Morgan fingerprint density at radius 2 is 1.88 bits per heavy atom. The van der Waals surface area contributed by atoms with Crippen molar-refractivity contribution in [1.82, 2.24) is 10.4 Å². The first kappa shape index (κ1) is 18.4. The fraction of sp³-hybridized carbons (Fsp3) is 0.667. The van der Waals surface area contributed by atoms with Gasteiger partial charge in [0.1, 0.15) is 0 Å². The molecule has 1 atom stereocenters. The van der Waals surface area contributed by atoms with Gasteiger partial charge in [-0.3, -0.25) is 10.2 Å². The van der Waals surface area contributed by atoms with Crippen LogP contribution in [0.2, 0.25) is 0 Å². The molecule has 0 spiro atoms. The summed E-state index contributed by atoms with van der Waals surface area (Å²) < 4.78 is 5.27. The Balaban J connectivity index is 1.83. The molecule has 25 heavy (non-hydrogen) atoms. The summed E-state index contributed by atoms with van der Waals surface area (Å²) in [4.78, 5) is 12.8. The number of hydrazine groups is 1. The van der Waals surface area contributed by atoms with Gasteiger partial charge in [0.15, 0.2) is 0 Å². The lowest BCUT2D eigenvalue weighted by atomic mass is 9.63. The molecule has 1 aromatic rings. The molecule has 0 saturated carbocycles. The van der Waals surface area contributed by atoms with Crippen molar-refractivity contribution in [2.75, 3.05) is 20.3 Å². The molecule has 1 amide bonds. The van der Waals surface area contributed by atoms with Crippen LogP contribution >= 0.6 is 0 Å². The number of carbonyl (C=O) groups excluding carboxylic acids is 1. The molecular weight excluding hydrogens is 312 g/mol. The van der Waals surface area contributed by atoms with Crippen molar-refractivity contribution >= 4 is 5.91 Å².